The van der Waals surface area contributed by atoms with Crippen LogP contribution in [0, 0.1) is 60.4 Å². The molecule has 6 aliphatic rings. The molecule has 2 aromatic heterocycles. The van der Waals surface area contributed by atoms with Crippen LogP contribution < -0.4 is 76.5 Å². The number of thiophene rings is 2. The predicted octanol–water partition coefficient (Wildman–Crippen LogP) is 12.1. The molecule has 6 nitrogen and oxygen atoms in total. The van der Waals surface area contributed by atoms with Crippen molar-refractivity contribution in [1.82, 2.24) is 0 Å². The van der Waals surface area contributed by atoms with Gasteiger partial charge in [0.1, 0.15) is 104 Å². The van der Waals surface area contributed by atoms with Crippen molar-refractivity contribution in [1.29, 1.82) is 0 Å². The number of fused-ring (bicyclic) bond motifs is 16. The summed E-state index contributed by atoms with van der Waals surface area (Å²) in [5.74, 6) is -4.07. The highest BCUT2D eigenvalue weighted by Crippen LogP contribution is 2.51. The number of hydrogen-bond donors (Lipinski definition) is 0. The smallest absolute Gasteiger partial charge is 0.273 e. The van der Waals surface area contributed by atoms with Crippen molar-refractivity contribution < 1.29 is 54.1 Å². The van der Waals surface area contributed by atoms with Crippen molar-refractivity contribution in [2.45, 2.75) is 18.7 Å². The van der Waals surface area contributed by atoms with E-state index in [-0.39, 0.29) is 44.1 Å². The number of thioether (sulfide) groups is 1. The number of benzene rings is 9. The average molecular weight is 1130 g/mol. The fourth-order valence-corrected chi connectivity index (χ4v) is 16.3. The summed E-state index contributed by atoms with van der Waals surface area (Å²) >= 11 is 3.72. The van der Waals surface area contributed by atoms with E-state index in [1.807, 2.05) is 62.6 Å². The van der Waals surface area contributed by atoms with E-state index in [2.05, 4.69) is 0 Å². The Balaban J connectivity index is 0.981. The van der Waals surface area contributed by atoms with Crippen LogP contribution in [0.1, 0.15) is 11.1 Å². The molecule has 0 fully saturated rings. The number of aryl methyl sites for hydroxylation is 2. The third-order valence-corrected chi connectivity index (χ3v) is 19.4. The van der Waals surface area contributed by atoms with E-state index in [0.29, 0.717) is 114 Å². The molecule has 8 heterocycles. The van der Waals surface area contributed by atoms with Crippen LogP contribution in [0.5, 0.6) is 46.0 Å². The van der Waals surface area contributed by atoms with Gasteiger partial charge in [-0.05, 0) is 137 Å². The molecule has 20 heteroatoms. The highest BCUT2D eigenvalue weighted by atomic mass is 32.2. The number of anilines is 6. The van der Waals surface area contributed by atoms with Gasteiger partial charge in [0.25, 0.3) is 20.1 Å². The molecule has 81 heavy (non-hydrogen) atoms. The minimum Gasteiger partial charge on any atom is -0.458 e. The lowest BCUT2D eigenvalue weighted by Gasteiger charge is -2.43. The first-order valence-corrected chi connectivity index (χ1v) is 28.4. The van der Waals surface area contributed by atoms with Crippen LogP contribution in [0.15, 0.2) is 126 Å². The Kier molecular flexibility index (Phi) is 9.63. The van der Waals surface area contributed by atoms with E-state index in [0.717, 1.165) is 29.0 Å². The molecule has 0 amide bonds. The summed E-state index contributed by atoms with van der Waals surface area (Å²) in [6.45, 7) is 1.37. The van der Waals surface area contributed by atoms with Gasteiger partial charge in [0.15, 0.2) is 0 Å². The Morgan fingerprint density at radius 1 is 0.407 bits per heavy atom. The van der Waals surface area contributed by atoms with Gasteiger partial charge < -0.3 is 28.7 Å². The Morgan fingerprint density at radius 3 is 1.37 bits per heavy atom. The number of ether oxygens (including phenoxy) is 4. The molecule has 390 valence electrons. The minimum atomic E-state index is -0.860. The zero-order valence-corrected chi connectivity index (χ0v) is 44.5. The molecule has 0 saturated carbocycles. The van der Waals surface area contributed by atoms with Crippen LogP contribution in [0.25, 0.3) is 20.2 Å². The largest absolute Gasteiger partial charge is 0.458 e. The van der Waals surface area contributed by atoms with Crippen LogP contribution in [0.2, 0.25) is 0 Å². The fraction of sp³-hybridized carbons (Fsp3) is 0.0492. The topological polar surface area (TPSA) is 43.4 Å². The summed E-state index contributed by atoms with van der Waals surface area (Å²) in [6.07, 6.45) is 1.86. The SMILES string of the molecule is CSc1cc2c3c(c1)N(c1c(F)cccc1F)c1cc4c(cc1B3c1cc3c(cc1O2)N(c1c(F)cccc1F)c1cc(C)cc2c1B3c1sc3cc(F)cc(F)c3c1O2)B1c2sc3cc(F)cc(F)c3c2Oc2cc(C)cc(c21)O4. The van der Waals surface area contributed by atoms with Gasteiger partial charge in [-0.15, -0.1) is 34.4 Å². The molecule has 0 atom stereocenters. The van der Waals surface area contributed by atoms with Crippen LogP contribution in [0.3, 0.4) is 0 Å². The second-order valence-electron chi connectivity index (χ2n) is 21.0. The van der Waals surface area contributed by atoms with Gasteiger partial charge in [-0.3, -0.25) is 0 Å². The number of hydrogen-bond acceptors (Lipinski definition) is 9. The first kappa shape index (κ1) is 47.5. The molecule has 0 N–H and O–H groups in total. The highest BCUT2D eigenvalue weighted by molar-refractivity contribution is 7.98. The van der Waals surface area contributed by atoms with Crippen molar-refractivity contribution >= 4 is 157 Å². The van der Waals surface area contributed by atoms with Crippen LogP contribution in [-0.4, -0.2) is 26.4 Å². The number of rotatable bonds is 3. The first-order valence-electron chi connectivity index (χ1n) is 25.6. The maximum atomic E-state index is 16.8. The summed E-state index contributed by atoms with van der Waals surface area (Å²) in [4.78, 5) is 3.73. The average Bonchev–Trinajstić information content (AvgIpc) is 2.50. The molecular weight excluding hydrogens is 1110 g/mol. The molecule has 0 aliphatic carbocycles. The standard InChI is InChI=1S/C61H29B3F8N2O4S3/c1-24-10-41-54-45(11-24)77-58-51-37(71)14-26(65)16-49(51)80-60(58)63(54)30-21-31-43(23-40(30)73(41)56-33(67)6-4-7-34(56)68)76-48-19-28(79-3)18-42-53(48)62(31)29-20-32-44(22-39(29)74(42)57-35(69)8-5-9-36(57)70)75-46-12-25(2)13-47-55(46)64(32)61-59(78-47)52-38(72)15-27(66)17-50(52)81-61/h4-23H,1-3H3. The third-order valence-electron chi connectivity index (χ3n) is 16.3. The summed E-state index contributed by atoms with van der Waals surface area (Å²) in [7, 11) is 0. The summed E-state index contributed by atoms with van der Waals surface area (Å²) in [6, 6.07) is 29.8. The number of halogens is 8. The lowest BCUT2D eigenvalue weighted by molar-refractivity contribution is 0.466. The molecule has 17 rings (SSSR count). The van der Waals surface area contributed by atoms with Gasteiger partial charge in [0, 0.05) is 76.3 Å². The predicted molar refractivity (Wildman–Crippen MR) is 308 cm³/mol. The molecule has 0 saturated heterocycles. The van der Waals surface area contributed by atoms with E-state index < -0.39 is 66.7 Å². The summed E-state index contributed by atoms with van der Waals surface area (Å²) < 4.78 is 158. The number of nitrogens with zero attached hydrogens (tertiary/aromatic N) is 2. The van der Waals surface area contributed by atoms with Gasteiger partial charge >= 0.3 is 0 Å². The lowest BCUT2D eigenvalue weighted by atomic mass is 9.30. The quantitative estimate of drug-likeness (QED) is 0.0992. The van der Waals surface area contributed by atoms with Gasteiger partial charge in [-0.2, -0.15) is 0 Å². The van der Waals surface area contributed by atoms with Crippen molar-refractivity contribution in [2.24, 2.45) is 0 Å². The molecule has 0 unspecified atom stereocenters. The Hall–Kier alpha value is -8.32. The maximum absolute atomic E-state index is 16.8. The summed E-state index contributed by atoms with van der Waals surface area (Å²) in [5.41, 5.74) is 6.01. The van der Waals surface area contributed by atoms with Gasteiger partial charge in [0.2, 0.25) is 0 Å². The molecule has 9 aromatic carbocycles. The minimum absolute atomic E-state index is 0.0787. The fourth-order valence-electron chi connectivity index (χ4n) is 13.2. The highest BCUT2D eigenvalue weighted by Gasteiger charge is 2.51. The molecular formula is C61H29B3F8N2O4S3. The van der Waals surface area contributed by atoms with Crippen molar-refractivity contribution in [2.75, 3.05) is 16.1 Å². The van der Waals surface area contributed by atoms with Gasteiger partial charge in [-0.25, -0.2) is 35.1 Å². The van der Waals surface area contributed by atoms with Crippen molar-refractivity contribution in [3.05, 3.63) is 179 Å². The van der Waals surface area contributed by atoms with Crippen LogP contribution in [-0.2, 0) is 0 Å². The maximum Gasteiger partial charge on any atom is 0.273 e. The van der Waals surface area contributed by atoms with E-state index in [9.17, 15) is 0 Å². The Morgan fingerprint density at radius 2 is 0.840 bits per heavy atom. The molecule has 6 aliphatic heterocycles. The normalized spacial score (nSPS) is 14.2. The Bertz CT molecular complexity index is 4770. The second-order valence-corrected chi connectivity index (χ2v) is 24.0. The van der Waals surface area contributed by atoms with Crippen LogP contribution >= 0.6 is 34.4 Å². The van der Waals surface area contributed by atoms with Gasteiger partial charge in [0.05, 0.1) is 10.8 Å². The lowest BCUT2D eigenvalue weighted by Crippen LogP contribution is -2.64. The van der Waals surface area contributed by atoms with E-state index in [4.69, 9.17) is 18.9 Å². The first-order chi connectivity index (χ1) is 39.2. The monoisotopic (exact) mass is 1130 g/mol. The van der Waals surface area contributed by atoms with Gasteiger partial charge in [-0.1, -0.05) is 24.3 Å². The molecule has 0 bridgehead atoms. The third kappa shape index (κ3) is 6.37. The van der Waals surface area contributed by atoms with Crippen molar-refractivity contribution in [3.8, 4) is 46.0 Å². The van der Waals surface area contributed by atoms with Crippen molar-refractivity contribution in [3.63, 3.8) is 0 Å². The molecule has 0 radical (unpaired) electrons. The van der Waals surface area contributed by atoms with E-state index >= 15 is 35.1 Å². The van der Waals surface area contributed by atoms with E-state index in [1.54, 1.807) is 23.1 Å². The van der Waals surface area contributed by atoms with Crippen LogP contribution in [0.4, 0.5) is 69.2 Å². The summed E-state index contributed by atoms with van der Waals surface area (Å²) in [5, 5.41) is 0.200. The zero-order valence-electron chi connectivity index (χ0n) is 42.1. The molecule has 11 aromatic rings. The van der Waals surface area contributed by atoms with E-state index in [1.165, 1.54) is 76.5 Å². The molecule has 0 spiro atoms. The second kappa shape index (κ2) is 16.4. The zero-order chi connectivity index (χ0) is 54.9. The number of para-hydroxylation sites is 2. The Labute approximate surface area is 467 Å².